The third-order valence-electron chi connectivity index (χ3n) is 3.99. The van der Waals surface area contributed by atoms with Gasteiger partial charge in [-0.15, -0.1) is 11.8 Å². The fourth-order valence-electron chi connectivity index (χ4n) is 2.70. The van der Waals surface area contributed by atoms with Gasteiger partial charge >= 0.3 is 6.18 Å². The molecule has 2 rings (SSSR count). The molecule has 2 nitrogen and oxygen atoms in total. The molecule has 0 saturated carbocycles. The number of aliphatic hydroxyl groups is 1. The Morgan fingerprint density at radius 1 is 1.38 bits per heavy atom. The van der Waals surface area contributed by atoms with E-state index < -0.39 is 11.7 Å². The fourth-order valence-corrected chi connectivity index (χ4v) is 3.65. The van der Waals surface area contributed by atoms with E-state index in [4.69, 9.17) is 0 Å². The lowest BCUT2D eigenvalue weighted by molar-refractivity contribution is -0.137. The second-order valence-electron chi connectivity index (χ2n) is 5.43. The quantitative estimate of drug-likeness (QED) is 0.840. The third-order valence-corrected chi connectivity index (χ3v) is 4.97. The van der Waals surface area contributed by atoms with Gasteiger partial charge in [-0.3, -0.25) is 4.90 Å². The lowest BCUT2D eigenvalue weighted by Crippen LogP contribution is -2.36. The molecule has 0 aliphatic carbocycles. The van der Waals surface area contributed by atoms with Gasteiger partial charge in [-0.1, -0.05) is 13.0 Å². The van der Waals surface area contributed by atoms with E-state index in [1.54, 1.807) is 6.07 Å². The summed E-state index contributed by atoms with van der Waals surface area (Å²) in [7, 11) is 0. The van der Waals surface area contributed by atoms with Crippen LogP contribution in [0.3, 0.4) is 0 Å². The van der Waals surface area contributed by atoms with Crippen LogP contribution < -0.4 is 0 Å². The molecule has 2 unspecified atom stereocenters. The molecule has 0 bridgehead atoms. The lowest BCUT2D eigenvalue weighted by atomic mass is 10.0. The lowest BCUT2D eigenvalue weighted by Gasteiger charge is -2.24. The molecular weight excluding hydrogens is 299 g/mol. The van der Waals surface area contributed by atoms with E-state index in [2.05, 4.69) is 11.8 Å². The average molecular weight is 319 g/mol. The summed E-state index contributed by atoms with van der Waals surface area (Å²) >= 11 is 1.43. The van der Waals surface area contributed by atoms with Gasteiger partial charge in [0.25, 0.3) is 0 Å². The maximum Gasteiger partial charge on any atom is 0.416 e. The van der Waals surface area contributed by atoms with E-state index in [9.17, 15) is 18.3 Å². The Morgan fingerprint density at radius 2 is 2.14 bits per heavy atom. The molecule has 0 aromatic heterocycles. The Balaban J connectivity index is 1.86. The largest absolute Gasteiger partial charge is 0.416 e. The van der Waals surface area contributed by atoms with Gasteiger partial charge in [0, 0.05) is 23.2 Å². The molecule has 118 valence electrons. The molecule has 1 aliphatic rings. The topological polar surface area (TPSA) is 23.5 Å². The van der Waals surface area contributed by atoms with Crippen LogP contribution in [0.15, 0.2) is 29.2 Å². The van der Waals surface area contributed by atoms with Gasteiger partial charge in [-0.05, 0) is 37.1 Å². The summed E-state index contributed by atoms with van der Waals surface area (Å²) in [6, 6.07) is 5.62. The van der Waals surface area contributed by atoms with Crippen molar-refractivity contribution in [3.05, 3.63) is 29.8 Å². The summed E-state index contributed by atoms with van der Waals surface area (Å²) < 4.78 is 37.9. The van der Waals surface area contributed by atoms with E-state index in [1.165, 1.54) is 23.9 Å². The van der Waals surface area contributed by atoms with Gasteiger partial charge < -0.3 is 5.11 Å². The highest BCUT2D eigenvalue weighted by Crippen LogP contribution is 2.32. The zero-order valence-electron chi connectivity index (χ0n) is 11.9. The Labute approximate surface area is 127 Å². The molecule has 1 saturated heterocycles. The molecule has 1 aromatic rings. The summed E-state index contributed by atoms with van der Waals surface area (Å²) in [5.74, 6) is 1.21. The number of hydrogen-bond donors (Lipinski definition) is 1. The molecule has 1 aliphatic heterocycles. The first-order chi connectivity index (χ1) is 9.91. The highest BCUT2D eigenvalue weighted by molar-refractivity contribution is 7.99. The highest BCUT2D eigenvalue weighted by atomic mass is 32.2. The summed E-state index contributed by atoms with van der Waals surface area (Å²) in [5.41, 5.74) is -0.601. The Hall–Kier alpha value is -0.720. The predicted molar refractivity (Wildman–Crippen MR) is 78.4 cm³/mol. The number of rotatable bonds is 5. The number of halogens is 3. The normalized spacial score (nSPS) is 23.7. The molecule has 6 heteroatoms. The zero-order valence-corrected chi connectivity index (χ0v) is 12.8. The van der Waals surface area contributed by atoms with Crippen molar-refractivity contribution in [2.24, 2.45) is 5.92 Å². The number of aliphatic hydroxyl groups excluding tert-OH is 1. The van der Waals surface area contributed by atoms with Crippen molar-refractivity contribution in [2.45, 2.75) is 30.5 Å². The van der Waals surface area contributed by atoms with Crippen molar-refractivity contribution < 1.29 is 18.3 Å². The predicted octanol–water partition coefficient (Wildman–Crippen LogP) is 3.50. The maximum absolute atomic E-state index is 12.6. The Bertz CT molecular complexity index is 466. The van der Waals surface area contributed by atoms with Crippen molar-refractivity contribution >= 4 is 11.8 Å². The summed E-state index contributed by atoms with van der Waals surface area (Å²) in [6.45, 7) is 4.02. The number of nitrogens with zero attached hydrogens (tertiary/aromatic N) is 1. The second-order valence-corrected chi connectivity index (χ2v) is 6.59. The maximum atomic E-state index is 12.6. The standard InChI is InChI=1S/C15H20F3NOS/c1-11-5-6-19(14(11)10-20)7-8-21-13-4-2-3-12(9-13)15(16,17)18/h2-4,9,11,14,20H,5-8,10H2,1H3. The van der Waals surface area contributed by atoms with Gasteiger partial charge in [-0.2, -0.15) is 13.2 Å². The molecule has 1 N–H and O–H groups in total. The van der Waals surface area contributed by atoms with Crippen LogP contribution in [0.2, 0.25) is 0 Å². The van der Waals surface area contributed by atoms with Gasteiger partial charge in [0.1, 0.15) is 0 Å². The van der Waals surface area contributed by atoms with E-state index >= 15 is 0 Å². The van der Waals surface area contributed by atoms with Crippen molar-refractivity contribution in [3.8, 4) is 0 Å². The first-order valence-electron chi connectivity index (χ1n) is 7.07. The minimum Gasteiger partial charge on any atom is -0.395 e. The number of thioether (sulfide) groups is 1. The van der Waals surface area contributed by atoms with E-state index in [-0.39, 0.29) is 12.6 Å². The first-order valence-corrected chi connectivity index (χ1v) is 8.05. The molecular formula is C15H20F3NOS. The molecule has 1 aromatic carbocycles. The molecule has 2 atom stereocenters. The number of benzene rings is 1. The highest BCUT2D eigenvalue weighted by Gasteiger charge is 2.31. The average Bonchev–Trinajstić information content (AvgIpc) is 2.78. The molecule has 0 amide bonds. The first kappa shape index (κ1) is 16.6. The zero-order chi connectivity index (χ0) is 15.5. The number of alkyl halides is 3. The van der Waals surface area contributed by atoms with Gasteiger partial charge in [0.05, 0.1) is 12.2 Å². The smallest absolute Gasteiger partial charge is 0.395 e. The van der Waals surface area contributed by atoms with Gasteiger partial charge in [-0.25, -0.2) is 0 Å². The van der Waals surface area contributed by atoms with Gasteiger partial charge in [0.15, 0.2) is 0 Å². The van der Waals surface area contributed by atoms with Crippen LogP contribution in [0.25, 0.3) is 0 Å². The SMILES string of the molecule is CC1CCN(CCSc2cccc(C(F)(F)F)c2)C1CO. The number of likely N-dealkylation sites (tertiary alicyclic amines) is 1. The van der Waals surface area contributed by atoms with Crippen LogP contribution in [0.5, 0.6) is 0 Å². The van der Waals surface area contributed by atoms with Crippen LogP contribution in [0.4, 0.5) is 13.2 Å². The molecule has 0 radical (unpaired) electrons. The second kappa shape index (κ2) is 7.03. The third kappa shape index (κ3) is 4.37. The van der Waals surface area contributed by atoms with Crippen LogP contribution in [0.1, 0.15) is 18.9 Å². The van der Waals surface area contributed by atoms with Crippen LogP contribution in [-0.2, 0) is 6.18 Å². The molecule has 0 spiro atoms. The summed E-state index contributed by atoms with van der Waals surface area (Å²) in [4.78, 5) is 2.86. The van der Waals surface area contributed by atoms with E-state index in [0.29, 0.717) is 10.8 Å². The van der Waals surface area contributed by atoms with Crippen molar-refractivity contribution in [2.75, 3.05) is 25.4 Å². The minimum absolute atomic E-state index is 0.148. The van der Waals surface area contributed by atoms with Crippen LogP contribution in [0, 0.1) is 5.92 Å². The van der Waals surface area contributed by atoms with Gasteiger partial charge in [0.2, 0.25) is 0 Å². The van der Waals surface area contributed by atoms with E-state index in [1.807, 2.05) is 0 Å². The summed E-state index contributed by atoms with van der Waals surface area (Å²) in [6.07, 6.45) is -3.22. The number of hydrogen-bond acceptors (Lipinski definition) is 3. The molecule has 1 heterocycles. The molecule has 21 heavy (non-hydrogen) atoms. The Morgan fingerprint density at radius 3 is 2.81 bits per heavy atom. The van der Waals surface area contributed by atoms with Crippen molar-refractivity contribution in [1.29, 1.82) is 0 Å². The van der Waals surface area contributed by atoms with E-state index in [0.717, 1.165) is 31.3 Å². The van der Waals surface area contributed by atoms with Crippen molar-refractivity contribution in [3.63, 3.8) is 0 Å². The minimum atomic E-state index is -4.29. The summed E-state index contributed by atoms with van der Waals surface area (Å²) in [5, 5.41) is 9.38. The van der Waals surface area contributed by atoms with Crippen LogP contribution >= 0.6 is 11.8 Å². The van der Waals surface area contributed by atoms with Crippen molar-refractivity contribution in [1.82, 2.24) is 4.90 Å². The van der Waals surface area contributed by atoms with Crippen LogP contribution in [-0.4, -0.2) is 41.5 Å². The Kier molecular flexibility index (Phi) is 5.57. The fraction of sp³-hybridized carbons (Fsp3) is 0.600. The molecule has 1 fully saturated rings. The monoisotopic (exact) mass is 319 g/mol.